The summed E-state index contributed by atoms with van der Waals surface area (Å²) in [7, 11) is -3.58. The van der Waals surface area contributed by atoms with E-state index in [1.54, 1.807) is 12.1 Å². The maximum Gasteiger partial charge on any atom is 0.240 e. The molecule has 2 aromatic rings. The molecule has 1 saturated heterocycles. The molecule has 6 heteroatoms. The molecular weight excluding hydrogens is 324 g/mol. The van der Waals surface area contributed by atoms with E-state index in [-0.39, 0.29) is 10.9 Å². The van der Waals surface area contributed by atoms with Crippen LogP contribution in [0.4, 0.5) is 5.69 Å². The Bertz CT molecular complexity index is 828. The van der Waals surface area contributed by atoms with E-state index in [2.05, 4.69) is 4.72 Å². The van der Waals surface area contributed by atoms with Crippen LogP contribution in [-0.4, -0.2) is 27.7 Å². The normalized spacial score (nSPS) is 16.2. The van der Waals surface area contributed by atoms with Gasteiger partial charge in [-0.25, -0.2) is 13.1 Å². The summed E-state index contributed by atoms with van der Waals surface area (Å²) in [6.45, 7) is 3.18. The number of sulfonamides is 1. The van der Waals surface area contributed by atoms with Gasteiger partial charge in [-0.3, -0.25) is 0 Å². The van der Waals surface area contributed by atoms with Gasteiger partial charge in [-0.2, -0.15) is 0 Å². The van der Waals surface area contributed by atoms with Crippen LogP contribution in [0.1, 0.15) is 18.4 Å². The highest BCUT2D eigenvalue weighted by molar-refractivity contribution is 7.89. The standard InChI is InChI=1S/C18H22N2O3S/c1-13-3-2-4-14(11-13)17-6-5-16(12-18(17)19)24(21,22)20-15-7-9-23-10-8-15/h2-6,11-12,15,20H,7-10,19H2,1H3. The van der Waals surface area contributed by atoms with Crippen molar-refractivity contribution in [1.82, 2.24) is 4.72 Å². The molecule has 2 aromatic carbocycles. The van der Waals surface area contributed by atoms with Gasteiger partial charge in [0.15, 0.2) is 0 Å². The van der Waals surface area contributed by atoms with E-state index in [9.17, 15) is 8.42 Å². The lowest BCUT2D eigenvalue weighted by Crippen LogP contribution is -2.38. The van der Waals surface area contributed by atoms with Crippen molar-refractivity contribution in [3.05, 3.63) is 48.0 Å². The minimum absolute atomic E-state index is 0.0820. The molecular formula is C18H22N2O3S. The molecule has 1 fully saturated rings. The number of nitrogen functional groups attached to an aromatic ring is 1. The molecule has 0 aromatic heterocycles. The maximum atomic E-state index is 12.5. The van der Waals surface area contributed by atoms with Gasteiger partial charge < -0.3 is 10.5 Å². The van der Waals surface area contributed by atoms with Crippen LogP contribution in [0.25, 0.3) is 11.1 Å². The van der Waals surface area contributed by atoms with Crippen molar-refractivity contribution >= 4 is 15.7 Å². The van der Waals surface area contributed by atoms with Gasteiger partial charge in [0.05, 0.1) is 4.90 Å². The van der Waals surface area contributed by atoms with Crippen LogP contribution in [0, 0.1) is 6.92 Å². The zero-order valence-electron chi connectivity index (χ0n) is 13.7. The number of rotatable bonds is 4. The molecule has 0 aliphatic carbocycles. The predicted octanol–water partition coefficient (Wildman–Crippen LogP) is 2.70. The summed E-state index contributed by atoms with van der Waals surface area (Å²) in [6, 6.07) is 12.8. The number of nitrogens with two attached hydrogens (primary N) is 1. The highest BCUT2D eigenvalue weighted by Crippen LogP contribution is 2.29. The number of benzene rings is 2. The highest BCUT2D eigenvalue weighted by Gasteiger charge is 2.22. The number of hydrogen-bond donors (Lipinski definition) is 2. The van der Waals surface area contributed by atoms with Gasteiger partial charge in [-0.15, -0.1) is 0 Å². The average Bonchev–Trinajstić information content (AvgIpc) is 2.55. The highest BCUT2D eigenvalue weighted by atomic mass is 32.2. The lowest BCUT2D eigenvalue weighted by molar-refractivity contribution is 0.0832. The molecule has 0 radical (unpaired) electrons. The van der Waals surface area contributed by atoms with E-state index in [4.69, 9.17) is 10.5 Å². The Morgan fingerprint density at radius 3 is 2.54 bits per heavy atom. The first kappa shape index (κ1) is 17.0. The molecule has 1 aliphatic heterocycles. The summed E-state index contributed by atoms with van der Waals surface area (Å²) in [5.74, 6) is 0. The first-order valence-electron chi connectivity index (χ1n) is 8.02. The minimum Gasteiger partial charge on any atom is -0.398 e. The Morgan fingerprint density at radius 1 is 1.12 bits per heavy atom. The molecule has 3 N–H and O–H groups in total. The van der Waals surface area contributed by atoms with Crippen molar-refractivity contribution in [2.45, 2.75) is 30.7 Å². The molecule has 0 spiro atoms. The smallest absolute Gasteiger partial charge is 0.240 e. The van der Waals surface area contributed by atoms with Crippen LogP contribution in [0.3, 0.4) is 0 Å². The van der Waals surface area contributed by atoms with Gasteiger partial charge >= 0.3 is 0 Å². The van der Waals surface area contributed by atoms with Crippen molar-refractivity contribution in [2.24, 2.45) is 0 Å². The second kappa shape index (κ2) is 6.93. The third kappa shape index (κ3) is 3.77. The minimum atomic E-state index is -3.58. The van der Waals surface area contributed by atoms with Crippen LogP contribution < -0.4 is 10.5 Å². The lowest BCUT2D eigenvalue weighted by Gasteiger charge is -2.23. The average molecular weight is 346 g/mol. The third-order valence-corrected chi connectivity index (χ3v) is 5.72. The summed E-state index contributed by atoms with van der Waals surface area (Å²) < 4.78 is 33.1. The Balaban J connectivity index is 1.86. The van der Waals surface area contributed by atoms with Crippen LogP contribution in [0.5, 0.6) is 0 Å². The van der Waals surface area contributed by atoms with Crippen molar-refractivity contribution < 1.29 is 13.2 Å². The second-order valence-corrected chi connectivity index (χ2v) is 7.84. The van der Waals surface area contributed by atoms with Crippen molar-refractivity contribution in [2.75, 3.05) is 18.9 Å². The lowest BCUT2D eigenvalue weighted by atomic mass is 10.0. The summed E-state index contributed by atoms with van der Waals surface area (Å²) in [5, 5.41) is 0. The van der Waals surface area contributed by atoms with Crippen LogP contribution in [-0.2, 0) is 14.8 Å². The van der Waals surface area contributed by atoms with Gasteiger partial charge in [0, 0.05) is 30.5 Å². The number of hydrogen-bond acceptors (Lipinski definition) is 4. The van der Waals surface area contributed by atoms with Crippen LogP contribution >= 0.6 is 0 Å². The number of nitrogens with one attached hydrogen (secondary N) is 1. The molecule has 128 valence electrons. The first-order chi connectivity index (χ1) is 11.5. The molecule has 5 nitrogen and oxygen atoms in total. The number of aryl methyl sites for hydroxylation is 1. The van der Waals surface area contributed by atoms with E-state index < -0.39 is 10.0 Å². The Kier molecular flexibility index (Phi) is 4.89. The molecule has 1 aliphatic rings. The first-order valence-corrected chi connectivity index (χ1v) is 9.51. The maximum absolute atomic E-state index is 12.5. The van der Waals surface area contributed by atoms with Gasteiger partial charge in [0.25, 0.3) is 0 Å². The number of anilines is 1. The quantitative estimate of drug-likeness (QED) is 0.834. The van der Waals surface area contributed by atoms with Crippen molar-refractivity contribution in [3.63, 3.8) is 0 Å². The summed E-state index contributed by atoms with van der Waals surface area (Å²) in [6.07, 6.45) is 1.38. The van der Waals surface area contributed by atoms with E-state index >= 15 is 0 Å². The van der Waals surface area contributed by atoms with Gasteiger partial charge in [-0.05, 0) is 37.5 Å². The molecule has 0 amide bonds. The van der Waals surface area contributed by atoms with Crippen molar-refractivity contribution in [3.8, 4) is 11.1 Å². The van der Waals surface area contributed by atoms with Crippen LogP contribution in [0.2, 0.25) is 0 Å². The molecule has 3 rings (SSSR count). The van der Waals surface area contributed by atoms with E-state index in [1.165, 1.54) is 6.07 Å². The molecule has 0 bridgehead atoms. The topological polar surface area (TPSA) is 81.4 Å². The Labute approximate surface area is 142 Å². The predicted molar refractivity (Wildman–Crippen MR) is 95.2 cm³/mol. The zero-order chi connectivity index (χ0) is 17.2. The van der Waals surface area contributed by atoms with Crippen molar-refractivity contribution in [1.29, 1.82) is 0 Å². The molecule has 0 atom stereocenters. The van der Waals surface area contributed by atoms with Gasteiger partial charge in [0.1, 0.15) is 0 Å². The van der Waals surface area contributed by atoms with E-state index in [0.29, 0.717) is 31.7 Å². The second-order valence-electron chi connectivity index (χ2n) is 6.13. The fourth-order valence-corrected chi connectivity index (χ4v) is 4.23. The third-order valence-electron chi connectivity index (χ3n) is 4.21. The summed E-state index contributed by atoms with van der Waals surface area (Å²) >= 11 is 0. The molecule has 24 heavy (non-hydrogen) atoms. The summed E-state index contributed by atoms with van der Waals surface area (Å²) in [4.78, 5) is 0.197. The molecule has 0 unspecified atom stereocenters. The fourth-order valence-electron chi connectivity index (χ4n) is 2.89. The molecule has 1 heterocycles. The SMILES string of the molecule is Cc1cccc(-c2ccc(S(=O)(=O)NC3CCOCC3)cc2N)c1. The van der Waals surface area contributed by atoms with E-state index in [0.717, 1.165) is 16.7 Å². The van der Waals surface area contributed by atoms with E-state index in [1.807, 2.05) is 31.2 Å². The summed E-state index contributed by atoms with van der Waals surface area (Å²) in [5.41, 5.74) is 9.52. The van der Waals surface area contributed by atoms with Gasteiger partial charge in [-0.1, -0.05) is 35.9 Å². The van der Waals surface area contributed by atoms with Gasteiger partial charge in [0.2, 0.25) is 10.0 Å². The number of ether oxygens (including phenoxy) is 1. The Morgan fingerprint density at radius 2 is 1.88 bits per heavy atom. The largest absolute Gasteiger partial charge is 0.398 e. The Hall–Kier alpha value is -1.89. The molecule has 0 saturated carbocycles. The zero-order valence-corrected chi connectivity index (χ0v) is 14.5. The van der Waals surface area contributed by atoms with Crippen LogP contribution in [0.15, 0.2) is 47.4 Å². The monoisotopic (exact) mass is 346 g/mol. The fraction of sp³-hybridized carbons (Fsp3) is 0.333.